The van der Waals surface area contributed by atoms with Crippen molar-refractivity contribution in [3.05, 3.63) is 11.7 Å². The summed E-state index contributed by atoms with van der Waals surface area (Å²) in [7, 11) is 0. The second kappa shape index (κ2) is 5.08. The summed E-state index contributed by atoms with van der Waals surface area (Å²) in [4.78, 5) is 15.9. The molecule has 18 heavy (non-hydrogen) atoms. The molecule has 0 saturated heterocycles. The van der Waals surface area contributed by atoms with Crippen molar-refractivity contribution in [1.29, 1.82) is 0 Å². The van der Waals surface area contributed by atoms with Crippen LogP contribution in [0.1, 0.15) is 57.7 Å². The molecule has 1 saturated carbocycles. The highest BCUT2D eigenvalue weighted by molar-refractivity contribution is 5.76. The van der Waals surface area contributed by atoms with Crippen molar-refractivity contribution >= 4 is 5.91 Å². The predicted octanol–water partition coefficient (Wildman–Crippen LogP) is 2.04. The third-order valence-corrected chi connectivity index (χ3v) is 2.77. The number of amides is 1. The lowest BCUT2D eigenvalue weighted by atomic mass is 9.92. The van der Waals surface area contributed by atoms with Crippen LogP contribution in [0.15, 0.2) is 4.52 Å². The first kappa shape index (κ1) is 13.1. The normalized spacial score (nSPS) is 15.7. The molecule has 1 fully saturated rings. The summed E-state index contributed by atoms with van der Waals surface area (Å²) in [5, 5.41) is 6.79. The van der Waals surface area contributed by atoms with Gasteiger partial charge in [-0.15, -0.1) is 0 Å². The van der Waals surface area contributed by atoms with Crippen molar-refractivity contribution in [2.24, 2.45) is 5.41 Å². The third kappa shape index (κ3) is 4.13. The quantitative estimate of drug-likeness (QED) is 0.869. The molecule has 5 heteroatoms. The molecule has 2 rings (SSSR count). The van der Waals surface area contributed by atoms with Gasteiger partial charge in [-0.05, 0) is 18.3 Å². The van der Waals surface area contributed by atoms with Crippen LogP contribution in [0.4, 0.5) is 0 Å². The van der Waals surface area contributed by atoms with Crippen molar-refractivity contribution < 1.29 is 9.32 Å². The zero-order valence-electron chi connectivity index (χ0n) is 11.3. The van der Waals surface area contributed by atoms with Gasteiger partial charge in [0.15, 0.2) is 5.82 Å². The van der Waals surface area contributed by atoms with E-state index < -0.39 is 0 Å². The Balaban J connectivity index is 1.69. The van der Waals surface area contributed by atoms with Gasteiger partial charge in [-0.3, -0.25) is 4.79 Å². The molecule has 1 N–H and O–H groups in total. The second-order valence-corrected chi connectivity index (χ2v) is 6.16. The highest BCUT2D eigenvalue weighted by Crippen LogP contribution is 2.38. The van der Waals surface area contributed by atoms with Crippen molar-refractivity contribution in [2.75, 3.05) is 6.54 Å². The Bertz CT molecular complexity index is 416. The van der Waals surface area contributed by atoms with Gasteiger partial charge >= 0.3 is 0 Å². The summed E-state index contributed by atoms with van der Waals surface area (Å²) < 4.78 is 5.15. The number of hydrogen-bond acceptors (Lipinski definition) is 4. The van der Waals surface area contributed by atoms with Gasteiger partial charge in [0.25, 0.3) is 0 Å². The van der Waals surface area contributed by atoms with Gasteiger partial charge in [0.05, 0.1) is 0 Å². The summed E-state index contributed by atoms with van der Waals surface area (Å²) in [6.45, 7) is 6.72. The fraction of sp³-hybridized carbons (Fsp3) is 0.769. The minimum Gasteiger partial charge on any atom is -0.356 e. The van der Waals surface area contributed by atoms with E-state index in [1.54, 1.807) is 0 Å². The minimum absolute atomic E-state index is 0.0232. The van der Waals surface area contributed by atoms with Crippen LogP contribution in [0.25, 0.3) is 0 Å². The van der Waals surface area contributed by atoms with Gasteiger partial charge in [0, 0.05) is 25.3 Å². The molecular weight excluding hydrogens is 230 g/mol. The second-order valence-electron chi connectivity index (χ2n) is 6.16. The molecule has 1 amide bonds. The fourth-order valence-corrected chi connectivity index (χ4v) is 1.72. The first-order chi connectivity index (χ1) is 8.44. The van der Waals surface area contributed by atoms with Gasteiger partial charge in [0.1, 0.15) is 0 Å². The monoisotopic (exact) mass is 251 g/mol. The number of hydrogen-bond donors (Lipinski definition) is 1. The zero-order valence-corrected chi connectivity index (χ0v) is 11.3. The van der Waals surface area contributed by atoms with Crippen molar-refractivity contribution in [3.8, 4) is 0 Å². The largest absolute Gasteiger partial charge is 0.356 e. The Kier molecular flexibility index (Phi) is 3.68. The smallest absolute Gasteiger partial charge is 0.229 e. The maximum absolute atomic E-state index is 11.6. The molecule has 1 heterocycles. The Hall–Kier alpha value is -1.39. The van der Waals surface area contributed by atoms with E-state index in [0.717, 1.165) is 18.7 Å². The molecule has 0 aromatic carbocycles. The van der Waals surface area contributed by atoms with E-state index in [0.29, 0.717) is 31.1 Å². The van der Waals surface area contributed by atoms with Crippen LogP contribution in [0.2, 0.25) is 0 Å². The molecule has 0 radical (unpaired) electrons. The van der Waals surface area contributed by atoms with Crippen LogP contribution in [-0.2, 0) is 11.2 Å². The maximum Gasteiger partial charge on any atom is 0.229 e. The highest BCUT2D eigenvalue weighted by atomic mass is 16.5. The molecule has 0 unspecified atom stereocenters. The lowest BCUT2D eigenvalue weighted by Crippen LogP contribution is -2.29. The molecule has 0 bridgehead atoms. The summed E-state index contributed by atoms with van der Waals surface area (Å²) in [5.74, 6) is 2.01. The SMILES string of the molecule is CC(C)(C)CC(=O)NCCc1noc(C2CC2)n1. The van der Waals surface area contributed by atoms with E-state index in [1.165, 1.54) is 0 Å². The van der Waals surface area contributed by atoms with E-state index in [4.69, 9.17) is 4.52 Å². The maximum atomic E-state index is 11.6. The minimum atomic E-state index is 0.0232. The van der Waals surface area contributed by atoms with Crippen LogP contribution in [0, 0.1) is 5.41 Å². The Labute approximate surface area is 107 Å². The van der Waals surface area contributed by atoms with Gasteiger partial charge in [-0.1, -0.05) is 25.9 Å². The standard InChI is InChI=1S/C13H21N3O2/c1-13(2,3)8-11(17)14-7-6-10-15-12(18-16-10)9-4-5-9/h9H,4-8H2,1-3H3,(H,14,17). The summed E-state index contributed by atoms with van der Waals surface area (Å²) in [6.07, 6.45) is 3.48. The molecule has 1 aliphatic carbocycles. The molecule has 0 spiro atoms. The molecule has 1 aromatic rings. The first-order valence-corrected chi connectivity index (χ1v) is 6.53. The average Bonchev–Trinajstić information content (AvgIpc) is 2.97. The van der Waals surface area contributed by atoms with Crippen LogP contribution < -0.4 is 5.32 Å². The van der Waals surface area contributed by atoms with Gasteiger partial charge < -0.3 is 9.84 Å². The van der Waals surface area contributed by atoms with E-state index >= 15 is 0 Å². The van der Waals surface area contributed by atoms with E-state index in [2.05, 4.69) is 15.5 Å². The average molecular weight is 251 g/mol. The van der Waals surface area contributed by atoms with E-state index in [9.17, 15) is 4.79 Å². The number of nitrogens with one attached hydrogen (secondary N) is 1. The lowest BCUT2D eigenvalue weighted by Gasteiger charge is -2.16. The van der Waals surface area contributed by atoms with Crippen LogP contribution in [0.3, 0.4) is 0 Å². The third-order valence-electron chi connectivity index (χ3n) is 2.77. The van der Waals surface area contributed by atoms with Gasteiger partial charge in [0.2, 0.25) is 11.8 Å². The van der Waals surface area contributed by atoms with Crippen molar-refractivity contribution in [1.82, 2.24) is 15.5 Å². The number of carbonyl (C=O) groups excluding carboxylic acids is 1. The zero-order chi connectivity index (χ0) is 13.2. The van der Waals surface area contributed by atoms with Crippen LogP contribution >= 0.6 is 0 Å². The molecular formula is C13H21N3O2. The van der Waals surface area contributed by atoms with Gasteiger partial charge in [-0.25, -0.2) is 0 Å². The van der Waals surface area contributed by atoms with Crippen LogP contribution in [-0.4, -0.2) is 22.6 Å². The summed E-state index contributed by atoms with van der Waals surface area (Å²) in [6, 6.07) is 0. The molecule has 5 nitrogen and oxygen atoms in total. The molecule has 1 aromatic heterocycles. The van der Waals surface area contributed by atoms with E-state index in [-0.39, 0.29) is 11.3 Å². The number of nitrogens with zero attached hydrogens (tertiary/aromatic N) is 2. The van der Waals surface area contributed by atoms with Crippen molar-refractivity contribution in [2.45, 2.75) is 52.4 Å². The number of rotatable bonds is 5. The molecule has 0 atom stereocenters. The predicted molar refractivity (Wildman–Crippen MR) is 67.1 cm³/mol. The van der Waals surface area contributed by atoms with E-state index in [1.807, 2.05) is 20.8 Å². The summed E-state index contributed by atoms with van der Waals surface area (Å²) >= 11 is 0. The highest BCUT2D eigenvalue weighted by Gasteiger charge is 2.29. The van der Waals surface area contributed by atoms with Gasteiger partial charge in [-0.2, -0.15) is 4.98 Å². The topological polar surface area (TPSA) is 68.0 Å². The number of carbonyl (C=O) groups is 1. The van der Waals surface area contributed by atoms with Crippen LogP contribution in [0.5, 0.6) is 0 Å². The van der Waals surface area contributed by atoms with Crippen molar-refractivity contribution in [3.63, 3.8) is 0 Å². The Morgan fingerprint density at radius 2 is 2.17 bits per heavy atom. The lowest BCUT2D eigenvalue weighted by molar-refractivity contribution is -0.122. The molecule has 1 aliphatic rings. The number of aromatic nitrogens is 2. The fourth-order valence-electron chi connectivity index (χ4n) is 1.72. The summed E-state index contributed by atoms with van der Waals surface area (Å²) in [5.41, 5.74) is 0.0232. The molecule has 0 aliphatic heterocycles. The Morgan fingerprint density at radius 1 is 1.44 bits per heavy atom. The first-order valence-electron chi connectivity index (χ1n) is 6.53. The molecule has 100 valence electrons. The Morgan fingerprint density at radius 3 is 2.78 bits per heavy atom.